The van der Waals surface area contributed by atoms with E-state index >= 15 is 0 Å². The number of fused-ring (bicyclic) bond motifs is 1. The highest BCUT2D eigenvalue weighted by atomic mass is 16.3. The number of nitrogens with zero attached hydrogens (tertiary/aromatic N) is 5. The topological polar surface area (TPSA) is 94.5 Å². The summed E-state index contributed by atoms with van der Waals surface area (Å²) in [5.41, 5.74) is 6.78. The zero-order valence-electron chi connectivity index (χ0n) is 19.7. The summed E-state index contributed by atoms with van der Waals surface area (Å²) in [6.07, 6.45) is 5.38. The van der Waals surface area contributed by atoms with E-state index in [-0.39, 0.29) is 12.5 Å². The van der Waals surface area contributed by atoms with Gasteiger partial charge < -0.3 is 15.3 Å². The quantitative estimate of drug-likeness (QED) is 0.606. The molecule has 0 saturated carbocycles. The molecular formula is C26H30N6O2. The minimum Gasteiger partial charge on any atom is -0.390 e. The number of aryl methyl sites for hydroxylation is 2. The highest BCUT2D eigenvalue weighted by Gasteiger charge is 2.31. The third-order valence-electron chi connectivity index (χ3n) is 6.65. The van der Waals surface area contributed by atoms with Crippen LogP contribution in [0.25, 0.3) is 0 Å². The number of likely N-dealkylation sites (tertiary alicyclic amines) is 1. The first-order valence-corrected chi connectivity index (χ1v) is 11.8. The molecule has 8 nitrogen and oxygen atoms in total. The summed E-state index contributed by atoms with van der Waals surface area (Å²) >= 11 is 0. The highest BCUT2D eigenvalue weighted by molar-refractivity contribution is 5.94. The van der Waals surface area contributed by atoms with Gasteiger partial charge in [0.2, 0.25) is 5.95 Å². The van der Waals surface area contributed by atoms with Crippen molar-refractivity contribution in [2.45, 2.75) is 52.4 Å². The van der Waals surface area contributed by atoms with Crippen molar-refractivity contribution in [2.75, 3.05) is 18.4 Å². The van der Waals surface area contributed by atoms with E-state index in [1.807, 2.05) is 11.1 Å². The number of carbonyl (C=O) groups excluding carboxylic acids is 1. The van der Waals surface area contributed by atoms with Crippen molar-refractivity contribution in [3.63, 3.8) is 0 Å². The summed E-state index contributed by atoms with van der Waals surface area (Å²) in [4.78, 5) is 30.6. The van der Waals surface area contributed by atoms with Crippen molar-refractivity contribution in [1.82, 2.24) is 24.8 Å². The molecule has 2 aliphatic heterocycles. The van der Waals surface area contributed by atoms with Crippen LogP contribution in [-0.4, -0.2) is 54.9 Å². The number of rotatable bonds is 5. The van der Waals surface area contributed by atoms with E-state index < -0.39 is 0 Å². The van der Waals surface area contributed by atoms with Crippen LogP contribution in [-0.2, 0) is 19.7 Å². The zero-order chi connectivity index (χ0) is 23.7. The largest absolute Gasteiger partial charge is 0.390 e. The third kappa shape index (κ3) is 4.78. The maximum absolute atomic E-state index is 12.9. The van der Waals surface area contributed by atoms with Gasteiger partial charge >= 0.3 is 0 Å². The molecule has 0 spiro atoms. The Morgan fingerprint density at radius 3 is 2.59 bits per heavy atom. The van der Waals surface area contributed by atoms with Gasteiger partial charge in [-0.2, -0.15) is 0 Å². The number of aliphatic hydroxyl groups is 1. The summed E-state index contributed by atoms with van der Waals surface area (Å²) in [7, 11) is 0. The molecule has 4 heterocycles. The van der Waals surface area contributed by atoms with Crippen molar-refractivity contribution < 1.29 is 9.90 Å². The van der Waals surface area contributed by atoms with Crippen LogP contribution in [0.3, 0.4) is 0 Å². The van der Waals surface area contributed by atoms with Crippen LogP contribution in [0.5, 0.6) is 0 Å². The number of pyridine rings is 1. The summed E-state index contributed by atoms with van der Waals surface area (Å²) < 4.78 is 0. The normalized spacial score (nSPS) is 16.5. The molecule has 0 atom stereocenters. The molecule has 1 amide bonds. The lowest BCUT2D eigenvalue weighted by Gasteiger charge is -2.36. The number of hydrogen-bond donors (Lipinski definition) is 2. The number of nitrogens with one attached hydrogen (secondary N) is 1. The predicted molar refractivity (Wildman–Crippen MR) is 130 cm³/mol. The van der Waals surface area contributed by atoms with Gasteiger partial charge in [0.15, 0.2) is 0 Å². The van der Waals surface area contributed by atoms with Gasteiger partial charge in [0.1, 0.15) is 0 Å². The molecule has 2 N–H and O–H groups in total. The number of aromatic nitrogens is 3. The van der Waals surface area contributed by atoms with E-state index in [0.717, 1.165) is 50.4 Å². The maximum atomic E-state index is 12.9. The second-order valence-electron chi connectivity index (χ2n) is 9.29. The molecule has 34 heavy (non-hydrogen) atoms. The lowest BCUT2D eigenvalue weighted by atomic mass is 10.0. The van der Waals surface area contributed by atoms with Crippen LogP contribution in [0.4, 0.5) is 11.6 Å². The second kappa shape index (κ2) is 9.48. The van der Waals surface area contributed by atoms with Crippen molar-refractivity contribution in [1.29, 1.82) is 0 Å². The van der Waals surface area contributed by atoms with Crippen LogP contribution in [0.15, 0.2) is 42.7 Å². The molecule has 1 saturated heterocycles. The van der Waals surface area contributed by atoms with Gasteiger partial charge in [-0.25, -0.2) is 9.97 Å². The molecule has 1 aromatic carbocycles. The zero-order valence-corrected chi connectivity index (χ0v) is 19.7. The van der Waals surface area contributed by atoms with Gasteiger partial charge in [-0.1, -0.05) is 6.07 Å². The first-order chi connectivity index (χ1) is 16.5. The van der Waals surface area contributed by atoms with Crippen LogP contribution in [0, 0.1) is 13.8 Å². The molecule has 8 heteroatoms. The van der Waals surface area contributed by atoms with Crippen molar-refractivity contribution >= 4 is 17.5 Å². The SMILES string of the molecule is Cc1cc(C)cc(Nc2ncc3c(n2)CN(C2CCN(C(=O)c4ccnc(CO)c4)CC2)C3)c1. The Bertz CT molecular complexity index is 1190. The first kappa shape index (κ1) is 22.4. The monoisotopic (exact) mass is 458 g/mol. The van der Waals surface area contributed by atoms with Crippen LogP contribution < -0.4 is 5.32 Å². The van der Waals surface area contributed by atoms with Gasteiger partial charge in [-0.3, -0.25) is 14.7 Å². The van der Waals surface area contributed by atoms with Crippen LogP contribution in [0.2, 0.25) is 0 Å². The van der Waals surface area contributed by atoms with E-state index in [0.29, 0.717) is 23.2 Å². The number of benzene rings is 1. The van der Waals surface area contributed by atoms with Gasteiger partial charge in [0.25, 0.3) is 5.91 Å². The molecule has 2 aromatic heterocycles. The van der Waals surface area contributed by atoms with E-state index in [4.69, 9.17) is 4.98 Å². The number of carbonyl (C=O) groups is 1. The number of piperidine rings is 1. The molecule has 0 bridgehead atoms. The summed E-state index contributed by atoms with van der Waals surface area (Å²) in [6, 6.07) is 10.2. The molecule has 0 radical (unpaired) electrons. The minimum atomic E-state index is -0.163. The maximum Gasteiger partial charge on any atom is 0.253 e. The molecule has 176 valence electrons. The molecule has 0 aliphatic carbocycles. The van der Waals surface area contributed by atoms with E-state index in [1.54, 1.807) is 18.3 Å². The standard InChI is InChI=1S/C26H30N6O2/c1-17-9-18(2)11-21(10-17)29-26-28-13-20-14-32(15-24(20)30-26)23-4-7-31(8-5-23)25(34)19-3-6-27-22(12-19)16-33/h3,6,9-13,23,33H,4-5,7-8,14-16H2,1-2H3,(H,28,29,30). The molecule has 2 aliphatic rings. The minimum absolute atomic E-state index is 0.00762. The number of amides is 1. The Labute approximate surface area is 199 Å². The van der Waals surface area contributed by atoms with Gasteiger partial charge in [0.05, 0.1) is 18.0 Å². The average molecular weight is 459 g/mol. The lowest BCUT2D eigenvalue weighted by Crippen LogP contribution is -2.45. The van der Waals surface area contributed by atoms with Crippen molar-refractivity contribution in [2.24, 2.45) is 0 Å². The lowest BCUT2D eigenvalue weighted by molar-refractivity contribution is 0.0613. The number of hydrogen-bond acceptors (Lipinski definition) is 7. The van der Waals surface area contributed by atoms with Gasteiger partial charge in [-0.15, -0.1) is 0 Å². The second-order valence-corrected chi connectivity index (χ2v) is 9.29. The first-order valence-electron chi connectivity index (χ1n) is 11.8. The number of anilines is 2. The van der Waals surface area contributed by atoms with Crippen LogP contribution >= 0.6 is 0 Å². The fourth-order valence-electron chi connectivity index (χ4n) is 4.99. The summed E-state index contributed by atoms with van der Waals surface area (Å²) in [5, 5.41) is 12.6. The van der Waals surface area contributed by atoms with E-state index in [2.05, 4.69) is 52.2 Å². The molecule has 0 unspecified atom stereocenters. The number of aliphatic hydroxyl groups excluding tert-OH is 1. The highest BCUT2D eigenvalue weighted by Crippen LogP contribution is 2.29. The Morgan fingerprint density at radius 1 is 1.09 bits per heavy atom. The van der Waals surface area contributed by atoms with E-state index in [1.165, 1.54) is 16.7 Å². The fourth-order valence-corrected chi connectivity index (χ4v) is 4.99. The van der Waals surface area contributed by atoms with Crippen LogP contribution in [0.1, 0.15) is 51.3 Å². The molecule has 5 rings (SSSR count). The molecule has 3 aromatic rings. The Kier molecular flexibility index (Phi) is 6.26. The van der Waals surface area contributed by atoms with Gasteiger partial charge in [-0.05, 0) is 62.1 Å². The van der Waals surface area contributed by atoms with E-state index in [9.17, 15) is 9.90 Å². The van der Waals surface area contributed by atoms with Gasteiger partial charge in [0, 0.05) is 61.4 Å². The predicted octanol–water partition coefficient (Wildman–Crippen LogP) is 3.34. The molecule has 1 fully saturated rings. The van der Waals surface area contributed by atoms with Crippen molar-refractivity contribution in [3.8, 4) is 0 Å². The fraction of sp³-hybridized carbons (Fsp3) is 0.385. The third-order valence-corrected chi connectivity index (χ3v) is 6.65. The Morgan fingerprint density at radius 2 is 1.85 bits per heavy atom. The Balaban J connectivity index is 1.19. The average Bonchev–Trinajstić information content (AvgIpc) is 3.26. The molecular weight excluding hydrogens is 428 g/mol. The smallest absolute Gasteiger partial charge is 0.253 e. The Hall–Kier alpha value is -3.36. The summed E-state index contributed by atoms with van der Waals surface area (Å²) in [5.74, 6) is 0.638. The summed E-state index contributed by atoms with van der Waals surface area (Å²) in [6.45, 7) is 7.11. The van der Waals surface area contributed by atoms with Crippen molar-refractivity contribution in [3.05, 3.63) is 76.4 Å².